The first-order valence-corrected chi connectivity index (χ1v) is 12.4. The van der Waals surface area contributed by atoms with E-state index in [9.17, 15) is 4.79 Å². The molecule has 2 aromatic rings. The van der Waals surface area contributed by atoms with Gasteiger partial charge < -0.3 is 18.6 Å². The lowest BCUT2D eigenvalue weighted by Gasteiger charge is -2.26. The molecule has 0 saturated heterocycles. The normalized spacial score (nSPS) is 14.8. The van der Waals surface area contributed by atoms with Gasteiger partial charge in [0.2, 0.25) is 0 Å². The van der Waals surface area contributed by atoms with Crippen molar-refractivity contribution in [2.24, 2.45) is 0 Å². The van der Waals surface area contributed by atoms with E-state index in [0.717, 1.165) is 35.7 Å². The fourth-order valence-electron chi connectivity index (χ4n) is 4.29. The number of nitrogens with zero attached hydrogens (tertiary/aromatic N) is 1. The summed E-state index contributed by atoms with van der Waals surface area (Å²) >= 11 is 0. The van der Waals surface area contributed by atoms with Gasteiger partial charge in [0.05, 0.1) is 18.9 Å². The standard InChI is InChI=1S/C27H39NO5/c1-6-11-20-14-15-22(18-24(20)33-27(4,5)26(29)30-7-2)31-17-16-23-19(3)32-25(28-23)21-12-9-8-10-13-21/h14-15,18,21H,6-13,16-17H2,1-5H3. The quantitative estimate of drug-likeness (QED) is 0.367. The second kappa shape index (κ2) is 11.6. The molecule has 0 bridgehead atoms. The Morgan fingerprint density at radius 1 is 1.15 bits per heavy atom. The number of esters is 1. The third-order valence-corrected chi connectivity index (χ3v) is 6.16. The molecule has 33 heavy (non-hydrogen) atoms. The maximum absolute atomic E-state index is 12.3. The summed E-state index contributed by atoms with van der Waals surface area (Å²) in [5.41, 5.74) is 0.939. The summed E-state index contributed by atoms with van der Waals surface area (Å²) in [6.07, 6.45) is 8.70. The van der Waals surface area contributed by atoms with Crippen molar-refractivity contribution >= 4 is 5.97 Å². The minimum atomic E-state index is -1.08. The molecule has 0 aliphatic heterocycles. The zero-order valence-electron chi connectivity index (χ0n) is 20.9. The van der Waals surface area contributed by atoms with Crippen LogP contribution in [0.5, 0.6) is 11.5 Å². The largest absolute Gasteiger partial charge is 0.493 e. The number of aromatic nitrogens is 1. The van der Waals surface area contributed by atoms with Gasteiger partial charge >= 0.3 is 5.97 Å². The van der Waals surface area contributed by atoms with E-state index >= 15 is 0 Å². The highest BCUT2D eigenvalue weighted by atomic mass is 16.6. The topological polar surface area (TPSA) is 70.8 Å². The van der Waals surface area contributed by atoms with Gasteiger partial charge in [-0.15, -0.1) is 0 Å². The van der Waals surface area contributed by atoms with Crippen molar-refractivity contribution in [1.82, 2.24) is 4.98 Å². The maximum atomic E-state index is 12.3. The zero-order valence-corrected chi connectivity index (χ0v) is 20.9. The molecule has 0 unspecified atom stereocenters. The third-order valence-electron chi connectivity index (χ3n) is 6.16. The number of ether oxygens (including phenoxy) is 3. The molecule has 1 heterocycles. The van der Waals surface area contributed by atoms with Crippen LogP contribution in [0.25, 0.3) is 0 Å². The molecular weight excluding hydrogens is 418 g/mol. The highest BCUT2D eigenvalue weighted by molar-refractivity contribution is 5.79. The molecule has 1 aromatic carbocycles. The van der Waals surface area contributed by atoms with Crippen LogP contribution in [0.15, 0.2) is 22.6 Å². The van der Waals surface area contributed by atoms with E-state index in [4.69, 9.17) is 23.6 Å². The first kappa shape index (κ1) is 25.1. The van der Waals surface area contributed by atoms with Crippen LogP contribution in [0.3, 0.4) is 0 Å². The van der Waals surface area contributed by atoms with E-state index in [2.05, 4.69) is 6.92 Å². The van der Waals surface area contributed by atoms with Crippen molar-refractivity contribution in [3.05, 3.63) is 41.1 Å². The first-order valence-electron chi connectivity index (χ1n) is 12.4. The van der Waals surface area contributed by atoms with Gasteiger partial charge in [-0.3, -0.25) is 0 Å². The number of carbonyl (C=O) groups is 1. The summed E-state index contributed by atoms with van der Waals surface area (Å²) in [7, 11) is 0. The fourth-order valence-corrected chi connectivity index (χ4v) is 4.29. The highest BCUT2D eigenvalue weighted by Gasteiger charge is 2.32. The summed E-state index contributed by atoms with van der Waals surface area (Å²) < 4.78 is 23.3. The van der Waals surface area contributed by atoms with Gasteiger partial charge in [0.15, 0.2) is 11.5 Å². The van der Waals surface area contributed by atoms with Crippen LogP contribution in [0.1, 0.15) is 95.0 Å². The van der Waals surface area contributed by atoms with Gasteiger partial charge in [0.1, 0.15) is 17.3 Å². The van der Waals surface area contributed by atoms with Crippen molar-refractivity contribution < 1.29 is 23.4 Å². The van der Waals surface area contributed by atoms with Crippen LogP contribution in [-0.2, 0) is 22.4 Å². The molecule has 0 radical (unpaired) electrons. The molecule has 6 heteroatoms. The van der Waals surface area contributed by atoms with Crippen molar-refractivity contribution in [2.75, 3.05) is 13.2 Å². The number of rotatable bonds is 11. The van der Waals surface area contributed by atoms with Gasteiger partial charge in [-0.1, -0.05) is 38.7 Å². The van der Waals surface area contributed by atoms with E-state index in [0.29, 0.717) is 37.1 Å². The molecule has 1 aliphatic carbocycles. The minimum Gasteiger partial charge on any atom is -0.493 e. The van der Waals surface area contributed by atoms with Gasteiger partial charge in [-0.05, 0) is 58.6 Å². The second-order valence-electron chi connectivity index (χ2n) is 9.34. The van der Waals surface area contributed by atoms with Gasteiger partial charge in [0.25, 0.3) is 0 Å². The predicted octanol–water partition coefficient (Wildman–Crippen LogP) is 6.33. The van der Waals surface area contributed by atoms with Crippen LogP contribution in [0, 0.1) is 6.92 Å². The molecule has 182 valence electrons. The molecule has 0 atom stereocenters. The van der Waals surface area contributed by atoms with Crippen LogP contribution in [0.4, 0.5) is 0 Å². The zero-order chi connectivity index (χ0) is 23.8. The van der Waals surface area contributed by atoms with Crippen molar-refractivity contribution in [3.63, 3.8) is 0 Å². The lowest BCUT2D eigenvalue weighted by atomic mass is 9.89. The summed E-state index contributed by atoms with van der Waals surface area (Å²) in [5.74, 6) is 3.22. The summed E-state index contributed by atoms with van der Waals surface area (Å²) in [6, 6.07) is 5.84. The summed E-state index contributed by atoms with van der Waals surface area (Å²) in [5, 5.41) is 0. The Kier molecular flexibility index (Phi) is 8.81. The monoisotopic (exact) mass is 457 g/mol. The highest BCUT2D eigenvalue weighted by Crippen LogP contribution is 2.33. The average molecular weight is 458 g/mol. The van der Waals surface area contributed by atoms with E-state index in [1.165, 1.54) is 32.1 Å². The lowest BCUT2D eigenvalue weighted by Crippen LogP contribution is -2.40. The van der Waals surface area contributed by atoms with Gasteiger partial charge in [-0.2, -0.15) is 0 Å². The van der Waals surface area contributed by atoms with E-state index < -0.39 is 5.60 Å². The number of hydrogen-bond donors (Lipinski definition) is 0. The predicted molar refractivity (Wildman–Crippen MR) is 128 cm³/mol. The molecule has 1 saturated carbocycles. The third kappa shape index (κ3) is 6.75. The molecule has 0 amide bonds. The molecular formula is C27H39NO5. The smallest absolute Gasteiger partial charge is 0.349 e. The second-order valence-corrected chi connectivity index (χ2v) is 9.34. The Hall–Kier alpha value is -2.50. The van der Waals surface area contributed by atoms with E-state index in [1.54, 1.807) is 20.8 Å². The molecule has 1 aliphatic rings. The number of carbonyl (C=O) groups excluding carboxylic acids is 1. The molecule has 3 rings (SSSR count). The first-order chi connectivity index (χ1) is 15.8. The van der Waals surface area contributed by atoms with Gasteiger partial charge in [-0.25, -0.2) is 9.78 Å². The van der Waals surface area contributed by atoms with Gasteiger partial charge in [0, 0.05) is 18.4 Å². The number of aryl methyl sites for hydroxylation is 2. The Balaban J connectivity index is 1.64. The van der Waals surface area contributed by atoms with Crippen LogP contribution in [-0.4, -0.2) is 29.8 Å². The van der Waals surface area contributed by atoms with E-state index in [1.807, 2.05) is 25.1 Å². The van der Waals surface area contributed by atoms with Crippen molar-refractivity contribution in [1.29, 1.82) is 0 Å². The Morgan fingerprint density at radius 2 is 1.91 bits per heavy atom. The summed E-state index contributed by atoms with van der Waals surface area (Å²) in [4.78, 5) is 17.1. The van der Waals surface area contributed by atoms with Crippen molar-refractivity contribution in [2.45, 2.75) is 97.5 Å². The Labute approximate surface area is 198 Å². The molecule has 0 spiro atoms. The Bertz CT molecular complexity index is 911. The minimum absolute atomic E-state index is 0.320. The number of hydrogen-bond acceptors (Lipinski definition) is 6. The average Bonchev–Trinajstić information content (AvgIpc) is 3.16. The number of benzene rings is 1. The van der Waals surface area contributed by atoms with E-state index in [-0.39, 0.29) is 5.97 Å². The molecule has 6 nitrogen and oxygen atoms in total. The van der Waals surface area contributed by atoms with Crippen LogP contribution in [0.2, 0.25) is 0 Å². The summed E-state index contributed by atoms with van der Waals surface area (Å²) in [6.45, 7) is 10.2. The van der Waals surface area contributed by atoms with Crippen molar-refractivity contribution in [3.8, 4) is 11.5 Å². The fraction of sp³-hybridized carbons (Fsp3) is 0.630. The lowest BCUT2D eigenvalue weighted by molar-refractivity contribution is -0.158. The molecule has 0 N–H and O–H groups in total. The maximum Gasteiger partial charge on any atom is 0.349 e. The number of oxazole rings is 1. The van der Waals surface area contributed by atoms with Crippen LogP contribution < -0.4 is 9.47 Å². The molecule has 1 fully saturated rings. The molecule has 1 aromatic heterocycles. The van der Waals surface area contributed by atoms with Crippen LogP contribution >= 0.6 is 0 Å². The Morgan fingerprint density at radius 3 is 2.61 bits per heavy atom. The SMILES string of the molecule is CCCc1ccc(OCCc2nc(C3CCCCC3)oc2C)cc1OC(C)(C)C(=O)OCC.